The van der Waals surface area contributed by atoms with Gasteiger partial charge in [0.1, 0.15) is 0 Å². The summed E-state index contributed by atoms with van der Waals surface area (Å²) < 4.78 is 0. The van der Waals surface area contributed by atoms with Crippen LogP contribution in [0.3, 0.4) is 0 Å². The first-order valence-electron chi connectivity index (χ1n) is 6.31. The lowest BCUT2D eigenvalue weighted by Gasteiger charge is -1.98. The minimum absolute atomic E-state index is 1.08. The Morgan fingerprint density at radius 3 is 2.40 bits per heavy atom. The van der Waals surface area contributed by atoms with Crippen LogP contribution in [0.4, 0.5) is 0 Å². The second kappa shape index (κ2) is 11.3. The molecule has 0 aliphatic heterocycles. The molecular formula is C15H26. The molecule has 0 amide bonds. The lowest BCUT2D eigenvalue weighted by Crippen LogP contribution is -1.78. The van der Waals surface area contributed by atoms with E-state index in [1.807, 2.05) is 0 Å². The zero-order chi connectivity index (χ0) is 11.4. The quantitative estimate of drug-likeness (QED) is 0.282. The molecule has 15 heavy (non-hydrogen) atoms. The second-order valence-electron chi connectivity index (χ2n) is 3.89. The minimum Gasteiger partial charge on any atom is -0.0913 e. The van der Waals surface area contributed by atoms with Crippen LogP contribution in [-0.4, -0.2) is 0 Å². The highest BCUT2D eigenvalue weighted by molar-refractivity contribution is 5.21. The zero-order valence-electron chi connectivity index (χ0n) is 10.6. The first-order chi connectivity index (χ1) is 7.35. The molecule has 0 aromatic carbocycles. The smallest absolute Gasteiger partial charge is 0.0101 e. The zero-order valence-corrected chi connectivity index (χ0v) is 10.6. The summed E-state index contributed by atoms with van der Waals surface area (Å²) in [5.41, 5.74) is 1.47. The maximum absolute atomic E-state index is 2.38. The van der Waals surface area contributed by atoms with Gasteiger partial charge in [0.25, 0.3) is 0 Å². The van der Waals surface area contributed by atoms with Crippen molar-refractivity contribution in [1.82, 2.24) is 0 Å². The third-order valence-electron chi connectivity index (χ3n) is 2.34. The monoisotopic (exact) mass is 206 g/mol. The van der Waals surface area contributed by atoms with Crippen molar-refractivity contribution >= 4 is 0 Å². The largest absolute Gasteiger partial charge is 0.0913 e. The molecule has 0 fully saturated rings. The van der Waals surface area contributed by atoms with Gasteiger partial charge < -0.3 is 0 Å². The van der Waals surface area contributed by atoms with Crippen LogP contribution in [-0.2, 0) is 0 Å². The molecule has 0 unspecified atom stereocenters. The van der Waals surface area contributed by atoms with E-state index < -0.39 is 0 Å². The number of hydrogen-bond acceptors (Lipinski definition) is 0. The summed E-state index contributed by atoms with van der Waals surface area (Å²) >= 11 is 0. The Morgan fingerprint density at radius 2 is 1.80 bits per heavy atom. The van der Waals surface area contributed by atoms with Gasteiger partial charge >= 0.3 is 0 Å². The Hall–Kier alpha value is -0.780. The van der Waals surface area contributed by atoms with Gasteiger partial charge in [-0.2, -0.15) is 0 Å². The van der Waals surface area contributed by atoms with Crippen LogP contribution in [0.2, 0.25) is 0 Å². The van der Waals surface area contributed by atoms with Gasteiger partial charge in [-0.3, -0.25) is 0 Å². The first-order valence-corrected chi connectivity index (χ1v) is 6.31. The number of rotatable bonds is 8. The molecule has 0 aromatic rings. The van der Waals surface area contributed by atoms with Crippen molar-refractivity contribution in [2.45, 2.75) is 59.3 Å². The van der Waals surface area contributed by atoms with E-state index in [1.165, 1.54) is 37.7 Å². The summed E-state index contributed by atoms with van der Waals surface area (Å²) in [6, 6.07) is 0. The molecule has 0 saturated heterocycles. The molecule has 86 valence electrons. The van der Waals surface area contributed by atoms with E-state index in [1.54, 1.807) is 0 Å². The van der Waals surface area contributed by atoms with Crippen molar-refractivity contribution in [1.29, 1.82) is 0 Å². The van der Waals surface area contributed by atoms with Crippen LogP contribution in [0.1, 0.15) is 59.3 Å². The molecule has 0 saturated carbocycles. The highest BCUT2D eigenvalue weighted by Gasteiger charge is 1.89. The molecule has 0 nitrogen and oxygen atoms in total. The molecule has 0 atom stereocenters. The number of unbranched alkanes of at least 4 members (excludes halogenated alkanes) is 3. The van der Waals surface area contributed by atoms with Crippen molar-refractivity contribution in [2.75, 3.05) is 0 Å². The van der Waals surface area contributed by atoms with Gasteiger partial charge in [0.15, 0.2) is 0 Å². The van der Waals surface area contributed by atoms with Gasteiger partial charge in [0.05, 0.1) is 0 Å². The molecule has 0 heterocycles. The highest BCUT2D eigenvalue weighted by Crippen LogP contribution is 2.09. The minimum atomic E-state index is 1.08. The molecular weight excluding hydrogens is 180 g/mol. The number of allylic oxidation sites excluding steroid dienone is 6. The molecule has 0 aliphatic carbocycles. The normalized spacial score (nSPS) is 13.1. The molecule has 0 N–H and O–H groups in total. The van der Waals surface area contributed by atoms with Crippen molar-refractivity contribution in [3.63, 3.8) is 0 Å². The SMILES string of the molecule is CC=CCC(C=CCCC)=CCCCC. The lowest BCUT2D eigenvalue weighted by atomic mass is 10.1. The maximum Gasteiger partial charge on any atom is -0.0101 e. The fourth-order valence-corrected chi connectivity index (χ4v) is 1.37. The van der Waals surface area contributed by atoms with Gasteiger partial charge in [-0.15, -0.1) is 0 Å². The summed E-state index contributed by atoms with van der Waals surface area (Å²) in [4.78, 5) is 0. The van der Waals surface area contributed by atoms with Gasteiger partial charge in [0, 0.05) is 0 Å². The van der Waals surface area contributed by atoms with Gasteiger partial charge in [-0.25, -0.2) is 0 Å². The third-order valence-corrected chi connectivity index (χ3v) is 2.34. The summed E-state index contributed by atoms with van der Waals surface area (Å²) in [5.74, 6) is 0. The highest BCUT2D eigenvalue weighted by atomic mass is 14.0. The van der Waals surface area contributed by atoms with E-state index in [4.69, 9.17) is 0 Å². The van der Waals surface area contributed by atoms with Crippen molar-refractivity contribution in [3.05, 3.63) is 36.0 Å². The Labute approximate surface area is 95.8 Å². The van der Waals surface area contributed by atoms with Crippen molar-refractivity contribution < 1.29 is 0 Å². The second-order valence-corrected chi connectivity index (χ2v) is 3.89. The summed E-state index contributed by atoms with van der Waals surface area (Å²) in [7, 11) is 0. The Morgan fingerprint density at radius 1 is 1.00 bits per heavy atom. The van der Waals surface area contributed by atoms with E-state index in [-0.39, 0.29) is 0 Å². The van der Waals surface area contributed by atoms with Crippen LogP contribution >= 0.6 is 0 Å². The summed E-state index contributed by atoms with van der Waals surface area (Å²) in [5, 5.41) is 0. The molecule has 0 spiro atoms. The van der Waals surface area contributed by atoms with Gasteiger partial charge in [-0.05, 0) is 31.8 Å². The predicted molar refractivity (Wildman–Crippen MR) is 71.1 cm³/mol. The molecule has 0 heteroatoms. The first kappa shape index (κ1) is 14.2. The molecule has 0 radical (unpaired) electrons. The standard InChI is InChI=1S/C15H26/c1-4-7-10-13-15(12-9-6-3)14-11-8-5-2/h6,9-10,13-14H,4-5,7-8,11-12H2,1-3H3. The average molecular weight is 206 g/mol. The predicted octanol–water partition coefficient (Wildman–Crippen LogP) is 5.43. The molecule has 0 bridgehead atoms. The fourth-order valence-electron chi connectivity index (χ4n) is 1.37. The van der Waals surface area contributed by atoms with Crippen LogP contribution in [0.25, 0.3) is 0 Å². The van der Waals surface area contributed by atoms with Crippen molar-refractivity contribution in [2.24, 2.45) is 0 Å². The van der Waals surface area contributed by atoms with E-state index >= 15 is 0 Å². The Bertz CT molecular complexity index is 206. The lowest BCUT2D eigenvalue weighted by molar-refractivity contribution is 0.810. The van der Waals surface area contributed by atoms with E-state index in [0.29, 0.717) is 0 Å². The third kappa shape index (κ3) is 9.52. The van der Waals surface area contributed by atoms with Gasteiger partial charge in [-0.1, -0.05) is 63.5 Å². The van der Waals surface area contributed by atoms with E-state index in [2.05, 4.69) is 51.2 Å². The van der Waals surface area contributed by atoms with Crippen LogP contribution < -0.4 is 0 Å². The van der Waals surface area contributed by atoms with E-state index in [9.17, 15) is 0 Å². The van der Waals surface area contributed by atoms with Gasteiger partial charge in [0.2, 0.25) is 0 Å². The topological polar surface area (TPSA) is 0 Å². The average Bonchev–Trinajstić information content (AvgIpc) is 2.25. The molecule has 0 aromatic heterocycles. The summed E-state index contributed by atoms with van der Waals surface area (Å²) in [6.45, 7) is 6.54. The maximum atomic E-state index is 2.38. The number of hydrogen-bond donors (Lipinski definition) is 0. The molecule has 0 rings (SSSR count). The van der Waals surface area contributed by atoms with Crippen LogP contribution in [0.5, 0.6) is 0 Å². The summed E-state index contributed by atoms with van der Waals surface area (Å²) in [6.07, 6.45) is 18.7. The fraction of sp³-hybridized carbons (Fsp3) is 0.600. The molecule has 0 aliphatic rings. The Kier molecular flexibility index (Phi) is 10.7. The van der Waals surface area contributed by atoms with Crippen molar-refractivity contribution in [3.8, 4) is 0 Å². The Balaban J connectivity index is 4.09. The van der Waals surface area contributed by atoms with Crippen LogP contribution in [0, 0.1) is 0 Å². The van der Waals surface area contributed by atoms with E-state index in [0.717, 1.165) is 6.42 Å². The van der Waals surface area contributed by atoms with Crippen LogP contribution in [0.15, 0.2) is 36.0 Å².